The number of benzene rings is 2. The number of ether oxygens (including phenoxy) is 2. The fourth-order valence-corrected chi connectivity index (χ4v) is 1.91. The van der Waals surface area contributed by atoms with Crippen molar-refractivity contribution in [3.63, 3.8) is 0 Å². The summed E-state index contributed by atoms with van der Waals surface area (Å²) in [5.41, 5.74) is -0.0887. The van der Waals surface area contributed by atoms with E-state index in [1.165, 1.54) is 18.2 Å². The molecule has 1 amide bonds. The Hall–Kier alpha value is -2.22. The van der Waals surface area contributed by atoms with Gasteiger partial charge in [-0.25, -0.2) is 0 Å². The Bertz CT molecular complexity index is 674. The molecule has 0 unspecified atom stereocenters. The smallest absolute Gasteiger partial charge is 0.484 e. The molecule has 2 aromatic rings. The molecule has 0 radical (unpaired) electrons. The molecule has 0 saturated heterocycles. The van der Waals surface area contributed by atoms with Crippen LogP contribution in [0.15, 0.2) is 53.0 Å². The van der Waals surface area contributed by atoms with Gasteiger partial charge in [0.05, 0.1) is 5.69 Å². The van der Waals surface area contributed by atoms with Gasteiger partial charge in [-0.2, -0.15) is 0 Å². The molecular formula is C15H11BrF3NO3. The molecule has 0 bridgehead atoms. The lowest BCUT2D eigenvalue weighted by molar-refractivity contribution is -0.274. The highest BCUT2D eigenvalue weighted by Gasteiger charge is 2.32. The molecule has 0 heterocycles. The summed E-state index contributed by atoms with van der Waals surface area (Å²) >= 11 is 3.26. The van der Waals surface area contributed by atoms with Crippen molar-refractivity contribution in [1.29, 1.82) is 0 Å². The number of amides is 1. The van der Waals surface area contributed by atoms with Crippen molar-refractivity contribution < 1.29 is 27.4 Å². The lowest BCUT2D eigenvalue weighted by Crippen LogP contribution is -2.22. The molecular weight excluding hydrogens is 379 g/mol. The van der Waals surface area contributed by atoms with E-state index in [0.717, 1.165) is 10.5 Å². The van der Waals surface area contributed by atoms with Gasteiger partial charge in [0.15, 0.2) is 12.4 Å². The SMILES string of the molecule is O=C(COc1ccc(Br)cc1)Nc1ccccc1OC(F)(F)F. The summed E-state index contributed by atoms with van der Waals surface area (Å²) in [4.78, 5) is 11.8. The lowest BCUT2D eigenvalue weighted by Gasteiger charge is -2.14. The number of halogens is 4. The van der Waals surface area contributed by atoms with Gasteiger partial charge in [0.2, 0.25) is 0 Å². The zero-order valence-corrected chi connectivity index (χ0v) is 13.1. The van der Waals surface area contributed by atoms with E-state index in [9.17, 15) is 18.0 Å². The molecule has 0 aliphatic heterocycles. The van der Waals surface area contributed by atoms with Crippen LogP contribution in [0, 0.1) is 0 Å². The number of anilines is 1. The van der Waals surface area contributed by atoms with Crippen molar-refractivity contribution in [3.05, 3.63) is 53.0 Å². The maximum absolute atomic E-state index is 12.3. The Morgan fingerprint density at radius 2 is 1.74 bits per heavy atom. The van der Waals surface area contributed by atoms with E-state index in [1.807, 2.05) is 0 Å². The molecule has 0 saturated carbocycles. The zero-order chi connectivity index (χ0) is 16.9. The Kier molecular flexibility index (Phi) is 5.49. The van der Waals surface area contributed by atoms with Gasteiger partial charge in [0.25, 0.3) is 5.91 Å². The highest BCUT2D eigenvalue weighted by molar-refractivity contribution is 9.10. The Morgan fingerprint density at radius 3 is 2.39 bits per heavy atom. The third-order valence-electron chi connectivity index (χ3n) is 2.57. The van der Waals surface area contributed by atoms with Crippen LogP contribution in [-0.2, 0) is 4.79 Å². The zero-order valence-electron chi connectivity index (χ0n) is 11.6. The summed E-state index contributed by atoms with van der Waals surface area (Å²) in [6.45, 7) is -0.345. The molecule has 0 fully saturated rings. The number of carbonyl (C=O) groups excluding carboxylic acids is 1. The van der Waals surface area contributed by atoms with Crippen LogP contribution in [0.2, 0.25) is 0 Å². The molecule has 0 aromatic heterocycles. The van der Waals surface area contributed by atoms with Gasteiger partial charge >= 0.3 is 6.36 Å². The first-order valence-corrected chi connectivity index (χ1v) is 7.16. The second kappa shape index (κ2) is 7.36. The van der Waals surface area contributed by atoms with Crippen LogP contribution >= 0.6 is 15.9 Å². The van der Waals surface area contributed by atoms with Crippen LogP contribution < -0.4 is 14.8 Å². The number of rotatable bonds is 5. The van der Waals surface area contributed by atoms with Crippen molar-refractivity contribution in [2.75, 3.05) is 11.9 Å². The Labute approximate surface area is 138 Å². The highest BCUT2D eigenvalue weighted by Crippen LogP contribution is 2.29. The first-order chi connectivity index (χ1) is 10.8. The quantitative estimate of drug-likeness (QED) is 0.825. The van der Waals surface area contributed by atoms with Gasteiger partial charge in [-0.3, -0.25) is 4.79 Å². The summed E-state index contributed by atoms with van der Waals surface area (Å²) in [7, 11) is 0. The minimum atomic E-state index is -4.84. The first-order valence-electron chi connectivity index (χ1n) is 6.36. The number of para-hydroxylation sites is 2. The number of nitrogens with one attached hydrogen (secondary N) is 1. The van der Waals surface area contributed by atoms with Crippen molar-refractivity contribution in [3.8, 4) is 11.5 Å². The topological polar surface area (TPSA) is 47.6 Å². The third-order valence-corrected chi connectivity index (χ3v) is 3.10. The molecule has 0 spiro atoms. The normalized spacial score (nSPS) is 11.0. The second-order valence-electron chi connectivity index (χ2n) is 4.33. The monoisotopic (exact) mass is 389 g/mol. The molecule has 23 heavy (non-hydrogen) atoms. The highest BCUT2D eigenvalue weighted by atomic mass is 79.9. The third kappa shape index (κ3) is 5.82. The van der Waals surface area contributed by atoms with Crippen LogP contribution in [-0.4, -0.2) is 18.9 Å². The van der Waals surface area contributed by atoms with Crippen LogP contribution in [0.3, 0.4) is 0 Å². The summed E-state index contributed by atoms with van der Waals surface area (Å²) < 4.78 is 46.8. The molecule has 2 rings (SSSR count). The van der Waals surface area contributed by atoms with Crippen molar-refractivity contribution in [2.45, 2.75) is 6.36 Å². The lowest BCUT2D eigenvalue weighted by atomic mass is 10.3. The minimum absolute atomic E-state index is 0.0887. The van der Waals surface area contributed by atoms with Gasteiger partial charge in [0, 0.05) is 4.47 Å². The number of hydrogen-bond acceptors (Lipinski definition) is 3. The van der Waals surface area contributed by atoms with Gasteiger partial charge in [-0.1, -0.05) is 28.1 Å². The molecule has 0 aliphatic carbocycles. The van der Waals surface area contributed by atoms with Crippen LogP contribution in [0.5, 0.6) is 11.5 Å². The molecule has 1 N–H and O–H groups in total. The average Bonchev–Trinajstić information content (AvgIpc) is 2.47. The van der Waals surface area contributed by atoms with E-state index in [1.54, 1.807) is 24.3 Å². The number of alkyl halides is 3. The second-order valence-corrected chi connectivity index (χ2v) is 5.25. The van der Waals surface area contributed by atoms with E-state index in [2.05, 4.69) is 26.0 Å². The fourth-order valence-electron chi connectivity index (χ4n) is 1.65. The molecule has 0 atom stereocenters. The largest absolute Gasteiger partial charge is 0.573 e. The summed E-state index contributed by atoms with van der Waals surface area (Å²) in [5, 5.41) is 2.32. The maximum atomic E-state index is 12.3. The van der Waals surface area contributed by atoms with Crippen LogP contribution in [0.25, 0.3) is 0 Å². The first kappa shape index (κ1) is 17.1. The van der Waals surface area contributed by atoms with Gasteiger partial charge < -0.3 is 14.8 Å². The Morgan fingerprint density at radius 1 is 1.09 bits per heavy atom. The van der Waals surface area contributed by atoms with Crippen molar-refractivity contribution in [2.24, 2.45) is 0 Å². The Balaban J connectivity index is 1.96. The summed E-state index contributed by atoms with van der Waals surface area (Å²) in [5.74, 6) is -0.633. The predicted molar refractivity (Wildman–Crippen MR) is 81.4 cm³/mol. The van der Waals surface area contributed by atoms with E-state index in [0.29, 0.717) is 5.75 Å². The predicted octanol–water partition coefficient (Wildman–Crippen LogP) is 4.37. The molecule has 8 heteroatoms. The van der Waals surface area contributed by atoms with Crippen LogP contribution in [0.1, 0.15) is 0 Å². The minimum Gasteiger partial charge on any atom is -0.484 e. The van der Waals surface area contributed by atoms with Crippen molar-refractivity contribution >= 4 is 27.5 Å². The van der Waals surface area contributed by atoms with E-state index >= 15 is 0 Å². The fraction of sp³-hybridized carbons (Fsp3) is 0.133. The van der Waals surface area contributed by atoms with Crippen molar-refractivity contribution in [1.82, 2.24) is 0 Å². The molecule has 0 aliphatic rings. The van der Waals surface area contributed by atoms with E-state index < -0.39 is 18.0 Å². The molecule has 4 nitrogen and oxygen atoms in total. The summed E-state index contributed by atoms with van der Waals surface area (Å²) in [6.07, 6.45) is -4.84. The standard InChI is InChI=1S/C15H11BrF3NO3/c16-10-5-7-11(8-6-10)22-9-14(21)20-12-3-1-2-4-13(12)23-15(17,18)19/h1-8H,9H2,(H,20,21). The van der Waals surface area contributed by atoms with E-state index in [-0.39, 0.29) is 12.3 Å². The van der Waals surface area contributed by atoms with Crippen LogP contribution in [0.4, 0.5) is 18.9 Å². The van der Waals surface area contributed by atoms with Gasteiger partial charge in [0.1, 0.15) is 5.75 Å². The maximum Gasteiger partial charge on any atom is 0.573 e. The average molecular weight is 390 g/mol. The number of carbonyl (C=O) groups is 1. The van der Waals surface area contributed by atoms with Gasteiger partial charge in [-0.15, -0.1) is 13.2 Å². The summed E-state index contributed by atoms with van der Waals surface area (Å²) in [6, 6.07) is 12.0. The van der Waals surface area contributed by atoms with E-state index in [4.69, 9.17) is 4.74 Å². The molecule has 2 aromatic carbocycles. The number of hydrogen-bond donors (Lipinski definition) is 1. The van der Waals surface area contributed by atoms with Gasteiger partial charge in [-0.05, 0) is 36.4 Å². The molecule has 122 valence electrons.